The Hall–Kier alpha value is -2.46. The summed E-state index contributed by atoms with van der Waals surface area (Å²) >= 11 is 1.26. The summed E-state index contributed by atoms with van der Waals surface area (Å²) in [6, 6.07) is 5.50. The number of aromatic nitrogens is 1. The third-order valence-corrected chi connectivity index (χ3v) is 5.52. The second-order valence-corrected chi connectivity index (χ2v) is 9.02. The molecular formula is C17H21N3O5S2. The first kappa shape index (κ1) is 20.8. The number of para-hydroxylation sites is 1. The van der Waals surface area contributed by atoms with Crippen LogP contribution in [0.2, 0.25) is 0 Å². The van der Waals surface area contributed by atoms with Crippen molar-refractivity contribution in [3.63, 3.8) is 0 Å². The fraction of sp³-hybridized carbons (Fsp3) is 0.353. The number of aryl methyl sites for hydroxylation is 1. The number of ether oxygens (including phenoxy) is 1. The summed E-state index contributed by atoms with van der Waals surface area (Å²) in [4.78, 5) is 29.6. The minimum absolute atomic E-state index is 0.0723. The first-order chi connectivity index (χ1) is 12.7. The van der Waals surface area contributed by atoms with Crippen molar-refractivity contribution in [2.45, 2.75) is 12.5 Å². The van der Waals surface area contributed by atoms with E-state index in [1.165, 1.54) is 18.4 Å². The summed E-state index contributed by atoms with van der Waals surface area (Å²) in [5.74, 6) is -1.04. The molecule has 0 aliphatic rings. The Labute approximate surface area is 161 Å². The molecule has 146 valence electrons. The second kappa shape index (κ2) is 8.96. The van der Waals surface area contributed by atoms with Crippen molar-refractivity contribution in [2.75, 3.05) is 19.1 Å². The quantitative estimate of drug-likeness (QED) is 0.724. The molecule has 2 amide bonds. The Morgan fingerprint density at radius 2 is 2.04 bits per heavy atom. The standard InChI is InChI=1S/C17H21N3O5S2/c1-20-9-10-26-17(20)19-16(22)13(8-11-27(3,23)24)18-15(21)12-6-4-5-7-14(12)25-2/h4-7,9-10,13H,8,11H2,1-3H3,(H,18,21). The molecule has 2 rings (SSSR count). The van der Waals surface area contributed by atoms with Gasteiger partial charge in [-0.05, 0) is 18.6 Å². The third-order valence-electron chi connectivity index (χ3n) is 3.70. The number of hydrogen-bond donors (Lipinski definition) is 1. The van der Waals surface area contributed by atoms with Crippen molar-refractivity contribution in [3.05, 3.63) is 46.2 Å². The molecule has 1 unspecified atom stereocenters. The van der Waals surface area contributed by atoms with Crippen molar-refractivity contribution in [1.82, 2.24) is 9.88 Å². The molecule has 0 saturated carbocycles. The first-order valence-corrected chi connectivity index (χ1v) is 11.0. The largest absolute Gasteiger partial charge is 0.496 e. The fourth-order valence-corrected chi connectivity index (χ4v) is 3.66. The molecule has 1 atom stereocenters. The smallest absolute Gasteiger partial charge is 0.270 e. The van der Waals surface area contributed by atoms with Crippen LogP contribution in [0.4, 0.5) is 0 Å². The van der Waals surface area contributed by atoms with E-state index < -0.39 is 27.7 Å². The summed E-state index contributed by atoms with van der Waals surface area (Å²) < 4.78 is 29.8. The van der Waals surface area contributed by atoms with Crippen LogP contribution in [0.15, 0.2) is 40.8 Å². The van der Waals surface area contributed by atoms with Gasteiger partial charge in [0.05, 0.1) is 18.4 Å². The van der Waals surface area contributed by atoms with Crippen LogP contribution in [0, 0.1) is 0 Å². The van der Waals surface area contributed by atoms with E-state index in [0.717, 1.165) is 6.26 Å². The summed E-state index contributed by atoms with van der Waals surface area (Å²) in [7, 11) is -0.136. The predicted molar refractivity (Wildman–Crippen MR) is 102 cm³/mol. The van der Waals surface area contributed by atoms with Gasteiger partial charge in [-0.2, -0.15) is 4.99 Å². The number of rotatable bonds is 7. The van der Waals surface area contributed by atoms with Crippen LogP contribution in [-0.2, 0) is 21.7 Å². The van der Waals surface area contributed by atoms with Gasteiger partial charge in [0.25, 0.3) is 11.8 Å². The fourth-order valence-electron chi connectivity index (χ4n) is 2.26. The summed E-state index contributed by atoms with van der Waals surface area (Å²) in [6.07, 6.45) is 2.75. The Kier molecular flexibility index (Phi) is 6.92. The molecule has 0 spiro atoms. The highest BCUT2D eigenvalue weighted by atomic mass is 32.2. The van der Waals surface area contributed by atoms with Gasteiger partial charge in [-0.15, -0.1) is 11.3 Å². The molecule has 1 aromatic heterocycles. The first-order valence-electron chi connectivity index (χ1n) is 8.01. The number of nitrogens with one attached hydrogen (secondary N) is 1. The van der Waals surface area contributed by atoms with Gasteiger partial charge in [0.15, 0.2) is 4.80 Å². The average Bonchev–Trinajstić information content (AvgIpc) is 3.02. The molecule has 0 bridgehead atoms. The number of sulfone groups is 1. The van der Waals surface area contributed by atoms with Gasteiger partial charge >= 0.3 is 0 Å². The maximum Gasteiger partial charge on any atom is 0.270 e. The van der Waals surface area contributed by atoms with E-state index in [2.05, 4.69) is 10.3 Å². The minimum atomic E-state index is -3.31. The maximum atomic E-state index is 12.6. The van der Waals surface area contributed by atoms with Crippen LogP contribution >= 0.6 is 11.3 Å². The monoisotopic (exact) mass is 411 g/mol. The van der Waals surface area contributed by atoms with Crippen LogP contribution in [0.1, 0.15) is 16.8 Å². The van der Waals surface area contributed by atoms with Crippen LogP contribution in [-0.4, -0.2) is 50.0 Å². The van der Waals surface area contributed by atoms with Crippen LogP contribution in [0.25, 0.3) is 0 Å². The second-order valence-electron chi connectivity index (χ2n) is 5.89. The Balaban J connectivity index is 2.28. The van der Waals surface area contributed by atoms with Crippen molar-refractivity contribution in [3.8, 4) is 5.75 Å². The highest BCUT2D eigenvalue weighted by Crippen LogP contribution is 2.17. The molecule has 0 aliphatic carbocycles. The molecule has 0 aliphatic heterocycles. The highest BCUT2D eigenvalue weighted by Gasteiger charge is 2.24. The lowest BCUT2D eigenvalue weighted by Gasteiger charge is -2.16. The van der Waals surface area contributed by atoms with E-state index in [1.54, 1.807) is 47.5 Å². The molecule has 0 saturated heterocycles. The Morgan fingerprint density at radius 1 is 1.33 bits per heavy atom. The van der Waals surface area contributed by atoms with E-state index in [0.29, 0.717) is 10.6 Å². The molecule has 27 heavy (non-hydrogen) atoms. The number of hydrogen-bond acceptors (Lipinski definition) is 6. The predicted octanol–water partition coefficient (Wildman–Crippen LogP) is 0.756. The van der Waals surface area contributed by atoms with Crippen LogP contribution < -0.4 is 14.9 Å². The maximum absolute atomic E-state index is 12.6. The zero-order valence-corrected chi connectivity index (χ0v) is 16.8. The van der Waals surface area contributed by atoms with Gasteiger partial charge in [-0.3, -0.25) is 9.59 Å². The molecule has 0 radical (unpaired) electrons. The zero-order chi connectivity index (χ0) is 20.0. The number of carbonyl (C=O) groups excluding carboxylic acids is 2. The Morgan fingerprint density at radius 3 is 2.63 bits per heavy atom. The van der Waals surface area contributed by atoms with Crippen molar-refractivity contribution in [1.29, 1.82) is 0 Å². The number of nitrogens with zero attached hydrogens (tertiary/aromatic N) is 2. The van der Waals surface area contributed by atoms with E-state index in [4.69, 9.17) is 4.74 Å². The van der Waals surface area contributed by atoms with Crippen molar-refractivity contribution in [2.24, 2.45) is 12.0 Å². The summed E-state index contributed by atoms with van der Waals surface area (Å²) in [6.45, 7) is 0. The number of benzene rings is 1. The lowest BCUT2D eigenvalue weighted by atomic mass is 10.1. The topological polar surface area (TPSA) is 107 Å². The van der Waals surface area contributed by atoms with Crippen molar-refractivity contribution < 1.29 is 22.7 Å². The molecule has 1 aromatic carbocycles. The van der Waals surface area contributed by atoms with Crippen molar-refractivity contribution >= 4 is 33.0 Å². The molecule has 0 fully saturated rings. The summed E-state index contributed by atoms with van der Waals surface area (Å²) in [5, 5.41) is 4.35. The highest BCUT2D eigenvalue weighted by molar-refractivity contribution is 7.90. The molecule has 1 heterocycles. The van der Waals surface area contributed by atoms with Gasteiger partial charge in [0.2, 0.25) is 0 Å². The molecule has 1 N–H and O–H groups in total. The zero-order valence-electron chi connectivity index (χ0n) is 15.2. The van der Waals surface area contributed by atoms with E-state index in [1.807, 2.05) is 0 Å². The van der Waals surface area contributed by atoms with Gasteiger partial charge in [0.1, 0.15) is 21.6 Å². The van der Waals surface area contributed by atoms with Crippen LogP contribution in [0.5, 0.6) is 5.75 Å². The molecule has 2 aromatic rings. The number of thiazole rings is 1. The van der Waals surface area contributed by atoms with Gasteiger partial charge in [0, 0.05) is 24.9 Å². The lowest BCUT2D eigenvalue weighted by Crippen LogP contribution is -2.42. The average molecular weight is 412 g/mol. The SMILES string of the molecule is COc1ccccc1C(=O)NC(CCS(C)(=O)=O)C(=O)N=c1sccn1C. The van der Waals surface area contributed by atoms with Gasteiger partial charge < -0.3 is 14.6 Å². The normalized spacial score (nSPS) is 13.2. The number of methoxy groups -OCH3 is 1. The van der Waals surface area contributed by atoms with E-state index >= 15 is 0 Å². The van der Waals surface area contributed by atoms with E-state index in [9.17, 15) is 18.0 Å². The minimum Gasteiger partial charge on any atom is -0.496 e. The molecule has 10 heteroatoms. The van der Waals surface area contributed by atoms with Gasteiger partial charge in [-0.25, -0.2) is 8.42 Å². The Bertz CT molecular complexity index is 992. The number of amides is 2. The lowest BCUT2D eigenvalue weighted by molar-refractivity contribution is -0.119. The van der Waals surface area contributed by atoms with Gasteiger partial charge in [-0.1, -0.05) is 12.1 Å². The number of carbonyl (C=O) groups is 2. The summed E-state index contributed by atoms with van der Waals surface area (Å²) in [5.41, 5.74) is 0.249. The van der Waals surface area contributed by atoms with E-state index in [-0.39, 0.29) is 17.7 Å². The molecule has 8 nitrogen and oxygen atoms in total. The van der Waals surface area contributed by atoms with Crippen LogP contribution in [0.3, 0.4) is 0 Å². The third kappa shape index (κ3) is 6.04. The molecular weight excluding hydrogens is 390 g/mol.